The van der Waals surface area contributed by atoms with Gasteiger partial charge in [0.25, 0.3) is 0 Å². The van der Waals surface area contributed by atoms with Gasteiger partial charge in [0, 0.05) is 11.5 Å². The van der Waals surface area contributed by atoms with Gasteiger partial charge in [-0.25, -0.2) is 5.84 Å². The quantitative estimate of drug-likeness (QED) is 0.631. The van der Waals surface area contributed by atoms with Gasteiger partial charge in [-0.15, -0.1) is 5.10 Å². The van der Waals surface area contributed by atoms with Crippen molar-refractivity contribution in [3.05, 3.63) is 32.8 Å². The standard InChI is InChI=1S/C9H8Br2N4OS/c10-5-2-1-3-6(11)8(5)16-4-7-9(13-12)17-15-14-7/h1-3,13H,4,12H2. The number of hydrazine groups is 1. The van der Waals surface area contributed by atoms with Gasteiger partial charge in [0.05, 0.1) is 8.95 Å². The fraction of sp³-hybridized carbons (Fsp3) is 0.111. The fourth-order valence-electron chi connectivity index (χ4n) is 1.17. The highest BCUT2D eigenvalue weighted by Crippen LogP contribution is 2.33. The van der Waals surface area contributed by atoms with E-state index in [1.807, 2.05) is 18.2 Å². The minimum Gasteiger partial charge on any atom is -0.485 e. The van der Waals surface area contributed by atoms with Crippen molar-refractivity contribution in [1.29, 1.82) is 0 Å². The number of nitrogens with one attached hydrogen (secondary N) is 1. The second-order valence-corrected chi connectivity index (χ2v) is 5.50. The van der Waals surface area contributed by atoms with Crippen molar-refractivity contribution in [2.75, 3.05) is 5.43 Å². The highest BCUT2D eigenvalue weighted by molar-refractivity contribution is 9.11. The lowest BCUT2D eigenvalue weighted by Crippen LogP contribution is -2.08. The summed E-state index contributed by atoms with van der Waals surface area (Å²) < 4.78 is 11.2. The van der Waals surface area contributed by atoms with Crippen LogP contribution in [0.1, 0.15) is 5.69 Å². The number of anilines is 1. The molecule has 0 atom stereocenters. The lowest BCUT2D eigenvalue weighted by atomic mass is 10.3. The first kappa shape index (κ1) is 12.7. The van der Waals surface area contributed by atoms with Gasteiger partial charge in [-0.05, 0) is 44.0 Å². The SMILES string of the molecule is NNc1snnc1COc1c(Br)cccc1Br. The monoisotopic (exact) mass is 378 g/mol. The fourth-order valence-corrected chi connectivity index (χ4v) is 2.88. The van der Waals surface area contributed by atoms with Gasteiger partial charge in [0.1, 0.15) is 18.1 Å². The maximum Gasteiger partial charge on any atom is 0.150 e. The number of nitrogens with two attached hydrogens (primary N) is 1. The Labute approximate surface area is 119 Å². The molecule has 3 N–H and O–H groups in total. The van der Waals surface area contributed by atoms with Gasteiger partial charge < -0.3 is 10.2 Å². The average Bonchev–Trinajstić information content (AvgIpc) is 2.76. The predicted molar refractivity (Wildman–Crippen MR) is 73.9 cm³/mol. The van der Waals surface area contributed by atoms with Crippen LogP contribution in [0.25, 0.3) is 0 Å². The van der Waals surface area contributed by atoms with E-state index in [9.17, 15) is 0 Å². The first-order valence-corrected chi connectivity index (χ1v) is 6.93. The summed E-state index contributed by atoms with van der Waals surface area (Å²) in [6.45, 7) is 0.303. The molecule has 8 heteroatoms. The van der Waals surface area contributed by atoms with Crippen LogP contribution in [0.5, 0.6) is 5.75 Å². The molecule has 0 unspecified atom stereocenters. The second-order valence-electron chi connectivity index (χ2n) is 3.03. The van der Waals surface area contributed by atoms with Crippen molar-refractivity contribution < 1.29 is 4.74 Å². The predicted octanol–water partition coefficient (Wildman–Crippen LogP) is 2.93. The molecule has 5 nitrogen and oxygen atoms in total. The Hall–Kier alpha value is -0.700. The highest BCUT2D eigenvalue weighted by Gasteiger charge is 2.10. The third-order valence-electron chi connectivity index (χ3n) is 1.96. The second kappa shape index (κ2) is 5.76. The van der Waals surface area contributed by atoms with Gasteiger partial charge in [-0.1, -0.05) is 10.6 Å². The molecular weight excluding hydrogens is 372 g/mol. The molecule has 90 valence electrons. The van der Waals surface area contributed by atoms with E-state index in [0.29, 0.717) is 17.3 Å². The number of aromatic nitrogens is 2. The molecular formula is C9H8Br2N4OS. The molecule has 1 aromatic heterocycles. The van der Waals surface area contributed by atoms with Crippen molar-refractivity contribution >= 4 is 48.4 Å². The Bertz CT molecular complexity index is 499. The van der Waals surface area contributed by atoms with E-state index in [1.54, 1.807) is 0 Å². The van der Waals surface area contributed by atoms with Crippen molar-refractivity contribution in [2.24, 2.45) is 5.84 Å². The number of halogens is 2. The van der Waals surface area contributed by atoms with Gasteiger partial charge in [-0.3, -0.25) is 0 Å². The van der Waals surface area contributed by atoms with Crippen molar-refractivity contribution in [3.8, 4) is 5.75 Å². The zero-order chi connectivity index (χ0) is 12.3. The lowest BCUT2D eigenvalue weighted by molar-refractivity contribution is 0.298. The average molecular weight is 380 g/mol. The summed E-state index contributed by atoms with van der Waals surface area (Å²) in [5.74, 6) is 6.06. The third-order valence-corrected chi connectivity index (χ3v) is 3.91. The van der Waals surface area contributed by atoms with Crippen LogP contribution in [0, 0.1) is 0 Å². The van der Waals surface area contributed by atoms with Gasteiger partial charge in [0.2, 0.25) is 0 Å². The number of hydrogen-bond acceptors (Lipinski definition) is 6. The molecule has 1 aromatic carbocycles. The molecule has 0 radical (unpaired) electrons. The van der Waals surface area contributed by atoms with E-state index in [2.05, 4.69) is 46.9 Å². The summed E-state index contributed by atoms with van der Waals surface area (Å²) in [6.07, 6.45) is 0. The Morgan fingerprint density at radius 3 is 2.71 bits per heavy atom. The largest absolute Gasteiger partial charge is 0.485 e. The molecule has 0 saturated carbocycles. The highest BCUT2D eigenvalue weighted by atomic mass is 79.9. The molecule has 0 bridgehead atoms. The van der Waals surface area contributed by atoms with Crippen LogP contribution in [0.3, 0.4) is 0 Å². The van der Waals surface area contributed by atoms with Crippen LogP contribution in [-0.4, -0.2) is 9.59 Å². The van der Waals surface area contributed by atoms with Crippen LogP contribution in [0.15, 0.2) is 27.1 Å². The Kier molecular flexibility index (Phi) is 4.32. The van der Waals surface area contributed by atoms with E-state index in [0.717, 1.165) is 14.7 Å². The third kappa shape index (κ3) is 2.95. The Morgan fingerprint density at radius 2 is 2.06 bits per heavy atom. The summed E-state index contributed by atoms with van der Waals surface area (Å²) >= 11 is 8.03. The summed E-state index contributed by atoms with van der Waals surface area (Å²) in [7, 11) is 0. The molecule has 0 amide bonds. The van der Waals surface area contributed by atoms with Crippen molar-refractivity contribution in [2.45, 2.75) is 6.61 Å². The normalized spacial score (nSPS) is 10.3. The summed E-state index contributed by atoms with van der Waals surface area (Å²) in [4.78, 5) is 0. The molecule has 0 saturated heterocycles. The summed E-state index contributed by atoms with van der Waals surface area (Å²) in [6, 6.07) is 5.72. The molecule has 17 heavy (non-hydrogen) atoms. The minimum absolute atomic E-state index is 0.303. The maximum absolute atomic E-state index is 5.67. The zero-order valence-corrected chi connectivity index (χ0v) is 12.5. The molecule has 0 fully saturated rings. The first-order chi connectivity index (χ1) is 8.22. The first-order valence-electron chi connectivity index (χ1n) is 4.57. The van der Waals surface area contributed by atoms with Crippen molar-refractivity contribution in [3.63, 3.8) is 0 Å². The smallest absolute Gasteiger partial charge is 0.150 e. The number of nitrogens with zero attached hydrogens (tertiary/aromatic N) is 2. The van der Waals surface area contributed by atoms with Crippen LogP contribution in [0.2, 0.25) is 0 Å². The summed E-state index contributed by atoms with van der Waals surface area (Å²) in [5, 5.41) is 4.63. The molecule has 0 aliphatic heterocycles. The number of hydrogen-bond donors (Lipinski definition) is 2. The van der Waals surface area contributed by atoms with Gasteiger partial charge in [-0.2, -0.15) is 0 Å². The van der Waals surface area contributed by atoms with Crippen LogP contribution in [-0.2, 0) is 6.61 Å². The minimum atomic E-state index is 0.303. The molecule has 1 heterocycles. The zero-order valence-electron chi connectivity index (χ0n) is 8.48. The molecule has 0 aliphatic rings. The van der Waals surface area contributed by atoms with E-state index in [1.165, 1.54) is 11.5 Å². The van der Waals surface area contributed by atoms with Gasteiger partial charge >= 0.3 is 0 Å². The topological polar surface area (TPSA) is 73.1 Å². The lowest BCUT2D eigenvalue weighted by Gasteiger charge is -2.09. The van der Waals surface area contributed by atoms with E-state index < -0.39 is 0 Å². The number of nitrogen functional groups attached to an aromatic ring is 1. The van der Waals surface area contributed by atoms with Crippen LogP contribution >= 0.6 is 43.4 Å². The van der Waals surface area contributed by atoms with E-state index in [-0.39, 0.29) is 0 Å². The maximum atomic E-state index is 5.67. The number of rotatable bonds is 4. The van der Waals surface area contributed by atoms with Crippen LogP contribution in [0.4, 0.5) is 5.00 Å². The Morgan fingerprint density at radius 1 is 1.35 bits per heavy atom. The number of benzene rings is 1. The Balaban J connectivity index is 2.13. The van der Waals surface area contributed by atoms with Crippen molar-refractivity contribution in [1.82, 2.24) is 9.59 Å². The molecule has 0 aliphatic carbocycles. The molecule has 2 rings (SSSR count). The van der Waals surface area contributed by atoms with Crippen LogP contribution < -0.4 is 16.0 Å². The molecule has 2 aromatic rings. The number of ether oxygens (including phenoxy) is 1. The van der Waals surface area contributed by atoms with E-state index in [4.69, 9.17) is 10.6 Å². The van der Waals surface area contributed by atoms with Gasteiger partial charge in [0.15, 0.2) is 5.00 Å². The molecule has 0 spiro atoms. The summed E-state index contributed by atoms with van der Waals surface area (Å²) in [5.41, 5.74) is 3.21. The number of para-hydroxylation sites is 1. The van der Waals surface area contributed by atoms with E-state index >= 15 is 0 Å².